The number of esters is 2. The molecule has 1 saturated heterocycles. The first-order valence-electron chi connectivity index (χ1n) is 8.05. The zero-order chi connectivity index (χ0) is 17.5. The fourth-order valence-electron chi connectivity index (χ4n) is 3.30. The molecule has 0 amide bonds. The third-order valence-electron chi connectivity index (χ3n) is 4.42. The molecule has 24 heavy (non-hydrogen) atoms. The van der Waals surface area contributed by atoms with Crippen LogP contribution in [0.2, 0.25) is 0 Å². The highest BCUT2D eigenvalue weighted by Gasteiger charge is 2.67. The number of fused-ring (bicyclic) bond motifs is 2. The lowest BCUT2D eigenvalue weighted by atomic mass is 9.85. The van der Waals surface area contributed by atoms with Crippen molar-refractivity contribution < 1.29 is 33.6 Å². The van der Waals surface area contributed by atoms with Crippen LogP contribution < -0.4 is 0 Å². The predicted molar refractivity (Wildman–Crippen MR) is 81.4 cm³/mol. The Labute approximate surface area is 140 Å². The fourth-order valence-corrected chi connectivity index (χ4v) is 3.30. The maximum atomic E-state index is 12.0. The molecule has 0 bridgehead atoms. The standard InChI is InChI=1S/C17H22O7/c1-9(2)4-14(20)24-16-15-12(11(6-18)7-21-16)5-13(23-10(3)19)17(15)8-22-17/h5,7,9,13,15-16,18H,4,6,8H2,1-3H3. The van der Waals surface area contributed by atoms with E-state index in [2.05, 4.69) is 0 Å². The predicted octanol–water partition coefficient (Wildman–Crippen LogP) is 1.07. The van der Waals surface area contributed by atoms with Crippen LogP contribution in [0, 0.1) is 11.8 Å². The lowest BCUT2D eigenvalue weighted by molar-refractivity contribution is -0.186. The Morgan fingerprint density at radius 1 is 1.42 bits per heavy atom. The van der Waals surface area contributed by atoms with Gasteiger partial charge in [0.2, 0.25) is 0 Å². The Bertz CT molecular complexity index is 600. The SMILES string of the molecule is CC(=O)OC1C=C2C(CO)=COC(OC(=O)CC(C)C)C2C12CO2. The van der Waals surface area contributed by atoms with E-state index in [1.165, 1.54) is 13.2 Å². The molecule has 0 saturated carbocycles. The van der Waals surface area contributed by atoms with Crippen LogP contribution in [0.15, 0.2) is 23.5 Å². The van der Waals surface area contributed by atoms with Crippen molar-refractivity contribution in [3.05, 3.63) is 23.5 Å². The summed E-state index contributed by atoms with van der Waals surface area (Å²) in [7, 11) is 0. The second-order valence-corrected chi connectivity index (χ2v) is 6.77. The minimum absolute atomic E-state index is 0.170. The highest BCUT2D eigenvalue weighted by atomic mass is 16.7. The monoisotopic (exact) mass is 338 g/mol. The van der Waals surface area contributed by atoms with Gasteiger partial charge in [-0.3, -0.25) is 9.59 Å². The van der Waals surface area contributed by atoms with Crippen molar-refractivity contribution in [2.75, 3.05) is 13.2 Å². The summed E-state index contributed by atoms with van der Waals surface area (Å²) in [4.78, 5) is 23.4. The molecule has 2 heterocycles. The minimum atomic E-state index is -0.860. The van der Waals surface area contributed by atoms with Gasteiger partial charge in [0.1, 0.15) is 5.60 Å². The van der Waals surface area contributed by atoms with Gasteiger partial charge in [-0.25, -0.2) is 0 Å². The van der Waals surface area contributed by atoms with Gasteiger partial charge in [0, 0.05) is 18.9 Å². The molecule has 0 aromatic heterocycles. The van der Waals surface area contributed by atoms with Crippen LogP contribution in [0.25, 0.3) is 0 Å². The number of epoxide rings is 1. The second kappa shape index (κ2) is 6.22. The quantitative estimate of drug-likeness (QED) is 0.592. The Balaban J connectivity index is 1.85. The van der Waals surface area contributed by atoms with Crippen molar-refractivity contribution in [2.45, 2.75) is 45.2 Å². The number of rotatable bonds is 5. The van der Waals surface area contributed by atoms with E-state index in [-0.39, 0.29) is 24.9 Å². The van der Waals surface area contributed by atoms with Crippen molar-refractivity contribution in [3.8, 4) is 0 Å². The Hall–Kier alpha value is -1.86. The van der Waals surface area contributed by atoms with E-state index in [0.29, 0.717) is 12.2 Å². The zero-order valence-corrected chi connectivity index (χ0v) is 14.0. The van der Waals surface area contributed by atoms with Gasteiger partial charge < -0.3 is 24.1 Å². The van der Waals surface area contributed by atoms with Gasteiger partial charge in [-0.15, -0.1) is 0 Å². The van der Waals surface area contributed by atoms with Gasteiger partial charge in [-0.05, 0) is 17.6 Å². The smallest absolute Gasteiger partial charge is 0.309 e. The number of ether oxygens (including phenoxy) is 4. The maximum absolute atomic E-state index is 12.0. The van der Waals surface area contributed by atoms with Gasteiger partial charge in [-0.1, -0.05) is 13.8 Å². The van der Waals surface area contributed by atoms with Gasteiger partial charge in [0.15, 0.2) is 6.10 Å². The summed E-state index contributed by atoms with van der Waals surface area (Å²) in [5.74, 6) is -1.04. The molecule has 1 N–H and O–H groups in total. The number of hydrogen-bond acceptors (Lipinski definition) is 7. The number of aliphatic hydroxyl groups excluding tert-OH is 1. The summed E-state index contributed by atoms with van der Waals surface area (Å²) in [5, 5.41) is 9.54. The summed E-state index contributed by atoms with van der Waals surface area (Å²) < 4.78 is 22.0. The van der Waals surface area contributed by atoms with Gasteiger partial charge in [0.05, 0.1) is 25.4 Å². The average Bonchev–Trinajstić information content (AvgIpc) is 3.20. The highest BCUT2D eigenvalue weighted by molar-refractivity contribution is 5.70. The summed E-state index contributed by atoms with van der Waals surface area (Å²) in [6.07, 6.45) is 1.98. The molecule has 3 rings (SSSR count). The van der Waals surface area contributed by atoms with E-state index in [9.17, 15) is 14.7 Å². The fraction of sp³-hybridized carbons (Fsp3) is 0.647. The highest BCUT2D eigenvalue weighted by Crippen LogP contribution is 2.54. The molecule has 0 aromatic carbocycles. The number of hydrogen-bond donors (Lipinski definition) is 1. The van der Waals surface area contributed by atoms with Gasteiger partial charge in [-0.2, -0.15) is 0 Å². The Morgan fingerprint density at radius 3 is 2.67 bits per heavy atom. The normalized spacial score (nSPS) is 33.5. The van der Waals surface area contributed by atoms with Crippen LogP contribution in [0.3, 0.4) is 0 Å². The molecular weight excluding hydrogens is 316 g/mol. The number of carbonyl (C=O) groups is 2. The first-order chi connectivity index (χ1) is 11.4. The Morgan fingerprint density at radius 2 is 2.12 bits per heavy atom. The van der Waals surface area contributed by atoms with Crippen LogP contribution >= 0.6 is 0 Å². The molecule has 0 aromatic rings. The molecule has 4 atom stereocenters. The Kier molecular flexibility index (Phi) is 4.40. The average molecular weight is 338 g/mol. The van der Waals surface area contributed by atoms with Crippen LogP contribution in [0.4, 0.5) is 0 Å². The van der Waals surface area contributed by atoms with E-state index in [1.54, 1.807) is 6.08 Å². The molecule has 1 aliphatic carbocycles. The number of carbonyl (C=O) groups excluding carboxylic acids is 2. The van der Waals surface area contributed by atoms with Crippen LogP contribution in [0.5, 0.6) is 0 Å². The lowest BCUT2D eigenvalue weighted by Gasteiger charge is -2.33. The van der Waals surface area contributed by atoms with Crippen molar-refractivity contribution in [1.82, 2.24) is 0 Å². The van der Waals surface area contributed by atoms with E-state index < -0.39 is 29.9 Å². The molecule has 3 aliphatic rings. The molecule has 0 radical (unpaired) electrons. The van der Waals surface area contributed by atoms with E-state index in [0.717, 1.165) is 5.57 Å². The van der Waals surface area contributed by atoms with Crippen molar-refractivity contribution in [2.24, 2.45) is 11.8 Å². The molecule has 7 heteroatoms. The molecule has 2 aliphatic heterocycles. The second-order valence-electron chi connectivity index (χ2n) is 6.77. The van der Waals surface area contributed by atoms with Crippen molar-refractivity contribution >= 4 is 11.9 Å². The zero-order valence-electron chi connectivity index (χ0n) is 14.0. The number of aliphatic hydroxyl groups is 1. The van der Waals surface area contributed by atoms with Crippen molar-refractivity contribution in [1.29, 1.82) is 0 Å². The first-order valence-corrected chi connectivity index (χ1v) is 8.05. The van der Waals surface area contributed by atoms with E-state index in [4.69, 9.17) is 18.9 Å². The summed E-state index contributed by atoms with van der Waals surface area (Å²) in [6.45, 7) is 5.33. The summed E-state index contributed by atoms with van der Waals surface area (Å²) in [5.41, 5.74) is 0.536. The maximum Gasteiger partial charge on any atom is 0.309 e. The molecule has 4 unspecified atom stereocenters. The third-order valence-corrected chi connectivity index (χ3v) is 4.42. The largest absolute Gasteiger partial charge is 0.461 e. The molecule has 1 fully saturated rings. The van der Waals surface area contributed by atoms with Crippen LogP contribution in [0.1, 0.15) is 27.2 Å². The van der Waals surface area contributed by atoms with Crippen LogP contribution in [-0.2, 0) is 28.5 Å². The lowest BCUT2D eigenvalue weighted by Crippen LogP contribution is -2.44. The molecule has 7 nitrogen and oxygen atoms in total. The topological polar surface area (TPSA) is 94.6 Å². The molecular formula is C17H22O7. The summed E-state index contributed by atoms with van der Waals surface area (Å²) in [6, 6.07) is 0. The minimum Gasteiger partial charge on any atom is -0.461 e. The first kappa shape index (κ1) is 17.0. The van der Waals surface area contributed by atoms with E-state index >= 15 is 0 Å². The summed E-state index contributed by atoms with van der Waals surface area (Å²) >= 11 is 0. The third kappa shape index (κ3) is 2.93. The van der Waals surface area contributed by atoms with Gasteiger partial charge in [0.25, 0.3) is 6.29 Å². The van der Waals surface area contributed by atoms with Gasteiger partial charge >= 0.3 is 11.9 Å². The van der Waals surface area contributed by atoms with Crippen LogP contribution in [-0.4, -0.2) is 48.3 Å². The molecule has 132 valence electrons. The molecule has 1 spiro atoms. The van der Waals surface area contributed by atoms with Crippen molar-refractivity contribution in [3.63, 3.8) is 0 Å². The van der Waals surface area contributed by atoms with E-state index in [1.807, 2.05) is 13.8 Å².